The van der Waals surface area contributed by atoms with Gasteiger partial charge in [-0.15, -0.1) is 0 Å². The average molecular weight is 497 g/mol. The van der Waals surface area contributed by atoms with Crippen LogP contribution in [0.4, 0.5) is 4.39 Å². The summed E-state index contributed by atoms with van der Waals surface area (Å²) in [7, 11) is 0. The summed E-state index contributed by atoms with van der Waals surface area (Å²) in [5.74, 6) is -0.665. The predicted octanol–water partition coefficient (Wildman–Crippen LogP) is 7.80. The number of benzene rings is 3. The molecule has 176 valence electrons. The van der Waals surface area contributed by atoms with Crippen LogP contribution in [0.25, 0.3) is 10.9 Å². The number of amides is 1. The van der Waals surface area contributed by atoms with Crippen molar-refractivity contribution in [3.63, 3.8) is 0 Å². The van der Waals surface area contributed by atoms with Crippen LogP contribution < -0.4 is 0 Å². The zero-order valence-corrected chi connectivity index (χ0v) is 21.0. The summed E-state index contributed by atoms with van der Waals surface area (Å²) in [6.45, 7) is 7.35. The van der Waals surface area contributed by atoms with Crippen molar-refractivity contribution in [1.82, 2.24) is 9.88 Å². The lowest BCUT2D eigenvalue weighted by Crippen LogP contribution is -2.33. The number of aromatic amines is 1. The van der Waals surface area contributed by atoms with E-state index in [1.165, 1.54) is 17.7 Å². The number of halogens is 3. The van der Waals surface area contributed by atoms with E-state index in [0.717, 1.165) is 11.1 Å². The van der Waals surface area contributed by atoms with Gasteiger partial charge in [0.05, 0.1) is 21.1 Å². The number of fused-ring (bicyclic) bond motifs is 1. The fourth-order valence-electron chi connectivity index (χ4n) is 4.02. The van der Waals surface area contributed by atoms with Crippen molar-refractivity contribution in [2.45, 2.75) is 39.2 Å². The van der Waals surface area contributed by atoms with Crippen LogP contribution in [0.2, 0.25) is 10.0 Å². The summed E-state index contributed by atoms with van der Waals surface area (Å²) in [5.41, 5.74) is 4.20. The van der Waals surface area contributed by atoms with E-state index in [9.17, 15) is 9.18 Å². The van der Waals surface area contributed by atoms with Gasteiger partial charge in [-0.3, -0.25) is 4.79 Å². The number of nitrogens with zero attached hydrogens (tertiary/aromatic N) is 1. The highest BCUT2D eigenvalue weighted by molar-refractivity contribution is 6.42. The Morgan fingerprint density at radius 1 is 0.941 bits per heavy atom. The van der Waals surface area contributed by atoms with Crippen molar-refractivity contribution in [3.05, 3.63) is 105 Å². The normalized spacial score (nSPS) is 11.7. The third-order valence-corrected chi connectivity index (χ3v) is 6.73. The van der Waals surface area contributed by atoms with Crippen LogP contribution in [0.15, 0.2) is 66.9 Å². The highest BCUT2D eigenvalue weighted by atomic mass is 35.5. The molecule has 1 amide bonds. The van der Waals surface area contributed by atoms with E-state index in [-0.39, 0.29) is 11.3 Å². The van der Waals surface area contributed by atoms with Gasteiger partial charge in [0, 0.05) is 24.7 Å². The summed E-state index contributed by atoms with van der Waals surface area (Å²) in [4.78, 5) is 18.5. The number of H-pyrrole nitrogens is 1. The van der Waals surface area contributed by atoms with Crippen LogP contribution in [-0.2, 0) is 18.4 Å². The Labute approximate surface area is 209 Å². The minimum Gasteiger partial charge on any atom is -0.361 e. The molecule has 6 heteroatoms. The topological polar surface area (TPSA) is 36.1 Å². The van der Waals surface area contributed by atoms with Crippen molar-refractivity contribution in [1.29, 1.82) is 0 Å². The molecule has 0 atom stereocenters. The van der Waals surface area contributed by atoms with Gasteiger partial charge in [0.25, 0.3) is 5.91 Å². The van der Waals surface area contributed by atoms with Gasteiger partial charge in [0.1, 0.15) is 5.82 Å². The van der Waals surface area contributed by atoms with Gasteiger partial charge in [0.15, 0.2) is 0 Å². The van der Waals surface area contributed by atoms with Crippen LogP contribution >= 0.6 is 23.2 Å². The smallest absolute Gasteiger partial charge is 0.256 e. The van der Waals surface area contributed by atoms with E-state index in [1.807, 2.05) is 12.1 Å². The first-order valence-electron chi connectivity index (χ1n) is 11.2. The highest BCUT2D eigenvalue weighted by Crippen LogP contribution is 2.26. The monoisotopic (exact) mass is 496 g/mol. The summed E-state index contributed by atoms with van der Waals surface area (Å²) in [6, 6.07) is 18.3. The summed E-state index contributed by atoms with van der Waals surface area (Å²) >= 11 is 12.2. The summed E-state index contributed by atoms with van der Waals surface area (Å²) in [5, 5.41) is 1.64. The first kappa shape index (κ1) is 24.3. The van der Waals surface area contributed by atoms with Gasteiger partial charge < -0.3 is 9.88 Å². The second-order valence-corrected chi connectivity index (χ2v) is 10.4. The third-order valence-electron chi connectivity index (χ3n) is 5.99. The van der Waals surface area contributed by atoms with Gasteiger partial charge in [-0.2, -0.15) is 0 Å². The molecule has 0 fully saturated rings. The fourth-order valence-corrected chi connectivity index (χ4v) is 4.34. The van der Waals surface area contributed by atoms with Crippen molar-refractivity contribution in [3.8, 4) is 0 Å². The summed E-state index contributed by atoms with van der Waals surface area (Å²) < 4.78 is 14.3. The van der Waals surface area contributed by atoms with Crippen molar-refractivity contribution in [2.75, 3.05) is 6.54 Å². The van der Waals surface area contributed by atoms with E-state index < -0.39 is 5.82 Å². The summed E-state index contributed by atoms with van der Waals surface area (Å²) in [6.07, 6.45) is 2.30. The fraction of sp³-hybridized carbons (Fsp3) is 0.250. The Balaban J connectivity index is 1.64. The Bertz CT molecular complexity index is 1320. The molecule has 0 aliphatic rings. The first-order chi connectivity index (χ1) is 16.1. The molecule has 3 nitrogen and oxygen atoms in total. The van der Waals surface area contributed by atoms with Crippen LogP contribution in [0.3, 0.4) is 0 Å². The molecule has 1 N–H and O–H groups in total. The second-order valence-electron chi connectivity index (χ2n) is 9.57. The average Bonchev–Trinajstić information content (AvgIpc) is 3.26. The van der Waals surface area contributed by atoms with Crippen molar-refractivity contribution < 1.29 is 9.18 Å². The SMILES string of the molecule is CC(C)(C)c1ccc(CN(CCc2ccc(Cl)c(Cl)c2)C(=O)c2cc(F)cc3cc[nH]c23)cc1. The standard InChI is InChI=1S/C28H27Cl2FN2O/c1-28(2,3)21-7-4-19(5-8-21)17-33(13-11-18-6-9-24(29)25(30)14-18)27(34)23-16-22(31)15-20-10-12-32-26(20)23/h4-10,12,14-16,32H,11,13,17H2,1-3H3. The van der Waals surface area contributed by atoms with Crippen LogP contribution in [0, 0.1) is 5.82 Å². The molecule has 3 aromatic carbocycles. The quantitative estimate of drug-likeness (QED) is 0.290. The maximum atomic E-state index is 14.3. The second kappa shape index (κ2) is 9.81. The van der Waals surface area contributed by atoms with Crippen LogP contribution in [0.5, 0.6) is 0 Å². The van der Waals surface area contributed by atoms with E-state index in [4.69, 9.17) is 23.2 Å². The Kier molecular flexibility index (Phi) is 7.01. The van der Waals surface area contributed by atoms with E-state index >= 15 is 0 Å². The highest BCUT2D eigenvalue weighted by Gasteiger charge is 2.21. The molecule has 1 aromatic heterocycles. The van der Waals surface area contributed by atoms with Gasteiger partial charge in [-0.25, -0.2) is 4.39 Å². The molecule has 0 radical (unpaired) electrons. The van der Waals surface area contributed by atoms with Gasteiger partial charge in [-0.1, -0.05) is 74.3 Å². The number of hydrogen-bond donors (Lipinski definition) is 1. The minimum atomic E-state index is -0.436. The molecule has 0 saturated heterocycles. The molecule has 1 heterocycles. The van der Waals surface area contributed by atoms with E-state index in [0.29, 0.717) is 46.0 Å². The third kappa shape index (κ3) is 5.45. The molecule has 0 aliphatic heterocycles. The number of carbonyl (C=O) groups excluding carboxylic acids is 1. The molecule has 0 saturated carbocycles. The number of carbonyl (C=O) groups is 1. The largest absolute Gasteiger partial charge is 0.361 e. The van der Waals surface area contributed by atoms with Crippen molar-refractivity contribution >= 4 is 40.0 Å². The predicted molar refractivity (Wildman–Crippen MR) is 138 cm³/mol. The molecule has 4 rings (SSSR count). The minimum absolute atomic E-state index is 0.0443. The molecule has 4 aromatic rings. The Morgan fingerprint density at radius 3 is 2.32 bits per heavy atom. The first-order valence-corrected chi connectivity index (χ1v) is 12.0. The maximum absolute atomic E-state index is 14.3. The maximum Gasteiger partial charge on any atom is 0.256 e. The molecule has 0 aliphatic carbocycles. The lowest BCUT2D eigenvalue weighted by Gasteiger charge is -2.25. The number of hydrogen-bond acceptors (Lipinski definition) is 1. The lowest BCUT2D eigenvalue weighted by molar-refractivity contribution is 0.0746. The van der Waals surface area contributed by atoms with Gasteiger partial charge >= 0.3 is 0 Å². The molecule has 0 unspecified atom stereocenters. The zero-order valence-electron chi connectivity index (χ0n) is 19.5. The lowest BCUT2D eigenvalue weighted by atomic mass is 9.87. The number of aromatic nitrogens is 1. The Hall–Kier alpha value is -2.82. The van der Waals surface area contributed by atoms with Gasteiger partial charge in [-0.05, 0) is 58.9 Å². The van der Waals surface area contributed by atoms with E-state index in [1.54, 1.807) is 23.2 Å². The Morgan fingerprint density at radius 2 is 1.65 bits per heavy atom. The van der Waals surface area contributed by atoms with Crippen molar-refractivity contribution in [2.24, 2.45) is 0 Å². The molecular weight excluding hydrogens is 470 g/mol. The number of nitrogens with one attached hydrogen (secondary N) is 1. The molecule has 0 spiro atoms. The molecular formula is C28H27Cl2FN2O. The molecule has 34 heavy (non-hydrogen) atoms. The van der Waals surface area contributed by atoms with Crippen LogP contribution in [0.1, 0.15) is 47.8 Å². The van der Waals surface area contributed by atoms with E-state index in [2.05, 4.69) is 50.0 Å². The number of rotatable bonds is 6. The molecule has 0 bridgehead atoms. The van der Waals surface area contributed by atoms with Crippen LogP contribution in [-0.4, -0.2) is 22.3 Å². The zero-order chi connectivity index (χ0) is 24.5. The van der Waals surface area contributed by atoms with Gasteiger partial charge in [0.2, 0.25) is 0 Å².